The second-order valence-electron chi connectivity index (χ2n) is 3.96. The van der Waals surface area contributed by atoms with Crippen molar-refractivity contribution < 1.29 is 0 Å². The monoisotopic (exact) mass is 270 g/mol. The maximum Gasteiger partial charge on any atom is 0.0257 e. The first-order valence-corrected chi connectivity index (χ1v) is 6.19. The Bertz CT molecular complexity index is 553. The fourth-order valence-electron chi connectivity index (χ4n) is 2.23. The molecule has 0 spiro atoms. The fraction of sp³-hybridized carbons (Fsp3) is 0.0667. The molecule has 0 unspecified atom stereocenters. The summed E-state index contributed by atoms with van der Waals surface area (Å²) >= 11 is 3.66. The Morgan fingerprint density at radius 3 is 2.56 bits per heavy atom. The molecule has 0 atom stereocenters. The van der Waals surface area contributed by atoms with E-state index in [4.69, 9.17) is 0 Å². The van der Waals surface area contributed by atoms with E-state index in [0.29, 0.717) is 0 Å². The van der Waals surface area contributed by atoms with Gasteiger partial charge in [-0.2, -0.15) is 0 Å². The van der Waals surface area contributed by atoms with E-state index in [1.165, 1.54) is 26.7 Å². The van der Waals surface area contributed by atoms with Crippen LogP contribution in [0.15, 0.2) is 53.0 Å². The summed E-state index contributed by atoms with van der Waals surface area (Å²) in [5, 5.41) is 0. The van der Waals surface area contributed by atoms with Gasteiger partial charge in [0.15, 0.2) is 0 Å². The van der Waals surface area contributed by atoms with E-state index >= 15 is 0 Å². The summed E-state index contributed by atoms with van der Waals surface area (Å²) in [7, 11) is 0. The van der Waals surface area contributed by atoms with Gasteiger partial charge in [0.2, 0.25) is 0 Å². The molecule has 16 heavy (non-hydrogen) atoms. The van der Waals surface area contributed by atoms with Gasteiger partial charge in [0.1, 0.15) is 0 Å². The summed E-state index contributed by atoms with van der Waals surface area (Å²) < 4.78 is 1.18. The normalized spacial score (nSPS) is 12.8. The van der Waals surface area contributed by atoms with Crippen LogP contribution in [-0.2, 0) is 6.42 Å². The first-order valence-electron chi connectivity index (χ1n) is 5.39. The fourth-order valence-corrected chi connectivity index (χ4v) is 2.83. The van der Waals surface area contributed by atoms with Crippen molar-refractivity contribution in [1.82, 2.24) is 0 Å². The number of allylic oxidation sites excluding steroid dienone is 1. The maximum atomic E-state index is 3.66. The van der Waals surface area contributed by atoms with E-state index in [-0.39, 0.29) is 0 Å². The lowest BCUT2D eigenvalue weighted by Crippen LogP contribution is -1.90. The summed E-state index contributed by atoms with van der Waals surface area (Å²) in [5.41, 5.74) is 5.40. The van der Waals surface area contributed by atoms with Crippen molar-refractivity contribution in [3.05, 3.63) is 64.1 Å². The number of halogens is 1. The van der Waals surface area contributed by atoms with Crippen LogP contribution in [0.3, 0.4) is 0 Å². The van der Waals surface area contributed by atoms with Gasteiger partial charge in [-0.3, -0.25) is 0 Å². The second kappa shape index (κ2) is 3.91. The van der Waals surface area contributed by atoms with Crippen LogP contribution in [0.5, 0.6) is 0 Å². The van der Waals surface area contributed by atoms with E-state index in [2.05, 4.69) is 70.5 Å². The molecule has 1 aliphatic rings. The lowest BCUT2D eigenvalue weighted by Gasteiger charge is -2.11. The van der Waals surface area contributed by atoms with Crippen LogP contribution in [-0.4, -0.2) is 0 Å². The molecule has 0 N–H and O–H groups in total. The summed E-state index contributed by atoms with van der Waals surface area (Å²) in [5.74, 6) is 0. The smallest absolute Gasteiger partial charge is 0.0257 e. The molecular weight excluding hydrogens is 260 g/mol. The minimum atomic E-state index is 1.04. The molecule has 0 saturated carbocycles. The number of rotatable bonds is 1. The van der Waals surface area contributed by atoms with Gasteiger partial charge in [0.05, 0.1) is 0 Å². The Hall–Kier alpha value is -1.34. The minimum absolute atomic E-state index is 1.04. The number of hydrogen-bond donors (Lipinski definition) is 0. The predicted octanol–water partition coefficient (Wildman–Crippen LogP) is 4.69. The van der Waals surface area contributed by atoms with Gasteiger partial charge in [-0.15, -0.1) is 0 Å². The molecule has 2 aromatic carbocycles. The van der Waals surface area contributed by atoms with E-state index < -0.39 is 0 Å². The molecule has 0 aromatic heterocycles. The maximum absolute atomic E-state index is 3.66. The Morgan fingerprint density at radius 1 is 0.938 bits per heavy atom. The molecule has 0 radical (unpaired) electrons. The zero-order valence-corrected chi connectivity index (χ0v) is 10.4. The average Bonchev–Trinajstić information content (AvgIpc) is 2.78. The first kappa shape index (κ1) is 9.86. The SMILES string of the molecule is Brc1ccc2c(c1-c1ccccc1)CC=C2. The van der Waals surface area contributed by atoms with Crippen LogP contribution < -0.4 is 0 Å². The minimum Gasteiger partial charge on any atom is -0.0795 e. The Balaban J connectivity index is 2.26. The van der Waals surface area contributed by atoms with Crippen LogP contribution in [0.1, 0.15) is 11.1 Å². The van der Waals surface area contributed by atoms with Crippen LogP contribution in [0.2, 0.25) is 0 Å². The molecule has 0 nitrogen and oxygen atoms in total. The molecule has 0 bridgehead atoms. The van der Waals surface area contributed by atoms with Crippen molar-refractivity contribution in [2.24, 2.45) is 0 Å². The molecule has 0 heterocycles. The van der Waals surface area contributed by atoms with Crippen LogP contribution in [0.25, 0.3) is 17.2 Å². The summed E-state index contributed by atoms with van der Waals surface area (Å²) in [6.45, 7) is 0. The van der Waals surface area contributed by atoms with Gasteiger partial charge >= 0.3 is 0 Å². The molecule has 3 rings (SSSR count). The summed E-state index contributed by atoms with van der Waals surface area (Å²) in [6, 6.07) is 14.9. The highest BCUT2D eigenvalue weighted by Crippen LogP contribution is 2.36. The van der Waals surface area contributed by atoms with Gasteiger partial charge < -0.3 is 0 Å². The highest BCUT2D eigenvalue weighted by molar-refractivity contribution is 9.10. The summed E-state index contributed by atoms with van der Waals surface area (Å²) in [4.78, 5) is 0. The van der Waals surface area contributed by atoms with Crippen LogP contribution >= 0.6 is 15.9 Å². The van der Waals surface area contributed by atoms with Crippen molar-refractivity contribution in [2.75, 3.05) is 0 Å². The van der Waals surface area contributed by atoms with Crippen molar-refractivity contribution in [3.63, 3.8) is 0 Å². The number of benzene rings is 2. The van der Waals surface area contributed by atoms with Crippen molar-refractivity contribution in [1.29, 1.82) is 0 Å². The average molecular weight is 271 g/mol. The molecule has 1 heteroatoms. The number of hydrogen-bond acceptors (Lipinski definition) is 0. The van der Waals surface area contributed by atoms with Crippen LogP contribution in [0, 0.1) is 0 Å². The molecule has 2 aromatic rings. The van der Waals surface area contributed by atoms with Gasteiger partial charge in [-0.25, -0.2) is 0 Å². The highest BCUT2D eigenvalue weighted by atomic mass is 79.9. The van der Waals surface area contributed by atoms with Gasteiger partial charge in [0, 0.05) is 4.47 Å². The standard InChI is InChI=1S/C15H11Br/c16-14-10-9-11-7-4-8-13(11)15(14)12-5-2-1-3-6-12/h1-7,9-10H,8H2. The summed E-state index contributed by atoms with van der Waals surface area (Å²) in [6.07, 6.45) is 5.47. The third-order valence-corrected chi connectivity index (χ3v) is 3.64. The zero-order chi connectivity index (χ0) is 11.0. The first-order chi connectivity index (χ1) is 7.86. The molecular formula is C15H11Br. The van der Waals surface area contributed by atoms with Crippen molar-refractivity contribution in [2.45, 2.75) is 6.42 Å². The molecule has 0 saturated heterocycles. The Morgan fingerprint density at radius 2 is 1.75 bits per heavy atom. The van der Waals surface area contributed by atoms with Crippen molar-refractivity contribution >= 4 is 22.0 Å². The van der Waals surface area contributed by atoms with E-state index in [1.807, 2.05) is 0 Å². The quantitative estimate of drug-likeness (QED) is 0.706. The number of fused-ring (bicyclic) bond motifs is 1. The lowest BCUT2D eigenvalue weighted by molar-refractivity contribution is 1.30. The molecule has 1 aliphatic carbocycles. The molecule has 0 fully saturated rings. The molecule has 78 valence electrons. The van der Waals surface area contributed by atoms with E-state index in [0.717, 1.165) is 6.42 Å². The topological polar surface area (TPSA) is 0 Å². The predicted molar refractivity (Wildman–Crippen MR) is 72.3 cm³/mol. The molecule has 0 aliphatic heterocycles. The van der Waals surface area contributed by atoms with Crippen LogP contribution in [0.4, 0.5) is 0 Å². The Kier molecular flexibility index (Phi) is 2.41. The van der Waals surface area contributed by atoms with Gasteiger partial charge in [-0.1, -0.05) is 64.5 Å². The van der Waals surface area contributed by atoms with Crippen molar-refractivity contribution in [3.8, 4) is 11.1 Å². The van der Waals surface area contributed by atoms with Gasteiger partial charge in [0.25, 0.3) is 0 Å². The Labute approximate surface area is 104 Å². The lowest BCUT2D eigenvalue weighted by atomic mass is 9.96. The third kappa shape index (κ3) is 1.52. The molecule has 0 amide bonds. The highest BCUT2D eigenvalue weighted by Gasteiger charge is 2.14. The van der Waals surface area contributed by atoms with E-state index in [1.54, 1.807) is 0 Å². The zero-order valence-electron chi connectivity index (χ0n) is 8.78. The van der Waals surface area contributed by atoms with Gasteiger partial charge in [-0.05, 0) is 34.7 Å². The second-order valence-corrected chi connectivity index (χ2v) is 4.82. The third-order valence-electron chi connectivity index (χ3n) is 2.98. The van der Waals surface area contributed by atoms with E-state index in [9.17, 15) is 0 Å². The largest absolute Gasteiger partial charge is 0.0795 e.